The van der Waals surface area contributed by atoms with E-state index in [1.54, 1.807) is 0 Å². The van der Waals surface area contributed by atoms with Crippen molar-refractivity contribution in [2.75, 3.05) is 11.9 Å². The van der Waals surface area contributed by atoms with Gasteiger partial charge >= 0.3 is 0 Å². The minimum absolute atomic E-state index is 0.333. The van der Waals surface area contributed by atoms with Gasteiger partial charge in [0.1, 0.15) is 11.6 Å². The maximum Gasteiger partial charge on any atom is 0.254 e. The Kier molecular flexibility index (Phi) is 5.79. The zero-order chi connectivity index (χ0) is 20.3. The quantitative estimate of drug-likeness (QED) is 0.677. The zero-order valence-corrected chi connectivity index (χ0v) is 16.0. The van der Waals surface area contributed by atoms with Crippen molar-refractivity contribution in [3.05, 3.63) is 70.1 Å². The van der Waals surface area contributed by atoms with E-state index in [0.717, 1.165) is 29.0 Å². The summed E-state index contributed by atoms with van der Waals surface area (Å²) in [7, 11) is 0. The highest BCUT2D eigenvalue weighted by Crippen LogP contribution is 2.26. The van der Waals surface area contributed by atoms with E-state index >= 15 is 0 Å². The molecule has 0 bridgehead atoms. The number of aryl methyl sites for hydroxylation is 2. The van der Waals surface area contributed by atoms with Crippen molar-refractivity contribution >= 4 is 28.3 Å². The van der Waals surface area contributed by atoms with Crippen LogP contribution < -0.4 is 10.6 Å². The van der Waals surface area contributed by atoms with Gasteiger partial charge in [0.15, 0.2) is 5.13 Å². The summed E-state index contributed by atoms with van der Waals surface area (Å²) in [5, 5.41) is 7.10. The van der Waals surface area contributed by atoms with Crippen LogP contribution in [0.4, 0.5) is 13.9 Å². The number of rotatable bonds is 5. The molecule has 0 spiro atoms. The van der Waals surface area contributed by atoms with E-state index in [4.69, 9.17) is 0 Å². The molecule has 3 rings (SSSR count). The zero-order valence-electron chi connectivity index (χ0n) is 15.2. The number of nitrogens with zero attached hydrogens (tertiary/aromatic N) is 1. The first kappa shape index (κ1) is 19.6. The monoisotopic (exact) mass is 401 g/mol. The second-order valence-corrected chi connectivity index (χ2v) is 7.05. The number of carbonyl (C=O) groups excluding carboxylic acids is 2. The molecule has 0 radical (unpaired) electrons. The first-order valence-corrected chi connectivity index (χ1v) is 9.27. The molecule has 28 heavy (non-hydrogen) atoms. The molecule has 144 valence electrons. The van der Waals surface area contributed by atoms with Gasteiger partial charge in [-0.15, -0.1) is 11.3 Å². The number of aromatic nitrogens is 1. The van der Waals surface area contributed by atoms with Crippen LogP contribution >= 0.6 is 11.3 Å². The van der Waals surface area contributed by atoms with Crippen LogP contribution in [0, 0.1) is 25.5 Å². The number of nitrogens with one attached hydrogen (secondary N) is 2. The van der Waals surface area contributed by atoms with Gasteiger partial charge in [0, 0.05) is 17.0 Å². The number of hydrogen-bond donors (Lipinski definition) is 2. The summed E-state index contributed by atoms with van der Waals surface area (Å²) in [4.78, 5) is 28.3. The first-order chi connectivity index (χ1) is 13.3. The molecule has 2 aromatic carbocycles. The molecular weight excluding hydrogens is 384 g/mol. The summed E-state index contributed by atoms with van der Waals surface area (Å²) in [5.74, 6) is -3.08. The molecule has 0 saturated carbocycles. The summed E-state index contributed by atoms with van der Waals surface area (Å²) >= 11 is 1.26. The van der Waals surface area contributed by atoms with Crippen molar-refractivity contribution in [3.63, 3.8) is 0 Å². The number of halogens is 2. The van der Waals surface area contributed by atoms with Crippen molar-refractivity contribution in [1.82, 2.24) is 10.3 Å². The van der Waals surface area contributed by atoms with Crippen molar-refractivity contribution in [2.24, 2.45) is 0 Å². The Hall–Kier alpha value is -3.13. The third-order valence-electron chi connectivity index (χ3n) is 4.14. The highest BCUT2D eigenvalue weighted by atomic mass is 32.1. The Labute approximate surface area is 164 Å². The standard InChI is InChI=1S/C20H17F2N3O2S/c1-11-3-4-13(7-12(11)2)17-10-28-20(24-17)25-18(26)9-23-19(27)15-6-5-14(21)8-16(15)22/h3-8,10H,9H2,1-2H3,(H,23,27)(H,24,25,26). The summed E-state index contributed by atoms with van der Waals surface area (Å²) in [6, 6.07) is 8.59. The van der Waals surface area contributed by atoms with Crippen LogP contribution in [0.2, 0.25) is 0 Å². The average Bonchev–Trinajstić information content (AvgIpc) is 3.10. The lowest BCUT2D eigenvalue weighted by atomic mass is 10.1. The third-order valence-corrected chi connectivity index (χ3v) is 4.90. The van der Waals surface area contributed by atoms with Crippen LogP contribution in [0.3, 0.4) is 0 Å². The van der Waals surface area contributed by atoms with E-state index in [9.17, 15) is 18.4 Å². The topological polar surface area (TPSA) is 71.1 Å². The Bertz CT molecular complexity index is 1050. The molecule has 0 fully saturated rings. The molecule has 0 aliphatic rings. The summed E-state index contributed by atoms with van der Waals surface area (Å²) in [6.45, 7) is 3.67. The lowest BCUT2D eigenvalue weighted by Gasteiger charge is -2.06. The van der Waals surface area contributed by atoms with Gasteiger partial charge in [-0.25, -0.2) is 13.8 Å². The van der Waals surface area contributed by atoms with Gasteiger partial charge in [0.2, 0.25) is 5.91 Å². The van der Waals surface area contributed by atoms with Gasteiger partial charge in [0.05, 0.1) is 17.8 Å². The van der Waals surface area contributed by atoms with Crippen LogP contribution in [0.15, 0.2) is 41.8 Å². The lowest BCUT2D eigenvalue weighted by molar-refractivity contribution is -0.115. The molecule has 2 amide bonds. The van der Waals surface area contributed by atoms with Crippen LogP contribution in [0.5, 0.6) is 0 Å². The molecule has 5 nitrogen and oxygen atoms in total. The average molecular weight is 401 g/mol. The van der Waals surface area contributed by atoms with Gasteiger partial charge < -0.3 is 10.6 Å². The molecule has 0 unspecified atom stereocenters. The maximum absolute atomic E-state index is 13.6. The summed E-state index contributed by atoms with van der Waals surface area (Å²) in [6.07, 6.45) is 0. The van der Waals surface area contributed by atoms with Gasteiger partial charge in [-0.2, -0.15) is 0 Å². The van der Waals surface area contributed by atoms with Crippen molar-refractivity contribution < 1.29 is 18.4 Å². The van der Waals surface area contributed by atoms with Crippen LogP contribution in [-0.4, -0.2) is 23.3 Å². The van der Waals surface area contributed by atoms with Crippen LogP contribution in [0.1, 0.15) is 21.5 Å². The molecule has 0 aliphatic heterocycles. The fourth-order valence-corrected chi connectivity index (χ4v) is 3.19. The minimum Gasteiger partial charge on any atom is -0.343 e. The van der Waals surface area contributed by atoms with E-state index in [1.165, 1.54) is 16.9 Å². The Morgan fingerprint density at radius 2 is 1.86 bits per heavy atom. The van der Waals surface area contributed by atoms with E-state index in [-0.39, 0.29) is 12.1 Å². The molecule has 8 heteroatoms. The second-order valence-electron chi connectivity index (χ2n) is 6.19. The molecular formula is C20H17F2N3O2S. The normalized spacial score (nSPS) is 10.6. The molecule has 3 aromatic rings. The fraction of sp³-hybridized carbons (Fsp3) is 0.150. The predicted molar refractivity (Wildman–Crippen MR) is 104 cm³/mol. The third kappa shape index (κ3) is 4.58. The highest BCUT2D eigenvalue weighted by molar-refractivity contribution is 7.14. The fourth-order valence-electron chi connectivity index (χ4n) is 2.46. The van der Waals surface area contributed by atoms with Crippen molar-refractivity contribution in [3.8, 4) is 11.3 Å². The predicted octanol–water partition coefficient (Wildman–Crippen LogP) is 4.07. The summed E-state index contributed by atoms with van der Waals surface area (Å²) < 4.78 is 26.5. The molecule has 0 aliphatic carbocycles. The first-order valence-electron chi connectivity index (χ1n) is 8.40. The molecule has 1 aromatic heterocycles. The summed E-state index contributed by atoms with van der Waals surface area (Å²) in [5.41, 5.74) is 3.67. The van der Waals surface area contributed by atoms with Gasteiger partial charge in [-0.05, 0) is 43.2 Å². The number of thiazole rings is 1. The molecule has 2 N–H and O–H groups in total. The largest absolute Gasteiger partial charge is 0.343 e. The lowest BCUT2D eigenvalue weighted by Crippen LogP contribution is -2.33. The van der Waals surface area contributed by atoms with Gasteiger partial charge in [-0.3, -0.25) is 9.59 Å². The van der Waals surface area contributed by atoms with Gasteiger partial charge in [-0.1, -0.05) is 12.1 Å². The van der Waals surface area contributed by atoms with Gasteiger partial charge in [0.25, 0.3) is 5.91 Å². The number of anilines is 1. The van der Waals surface area contributed by atoms with E-state index < -0.39 is 23.4 Å². The second kappa shape index (κ2) is 8.26. The smallest absolute Gasteiger partial charge is 0.254 e. The SMILES string of the molecule is Cc1ccc(-c2csc(NC(=O)CNC(=O)c3ccc(F)cc3F)n2)cc1C. The number of benzene rings is 2. The Morgan fingerprint density at radius 3 is 2.57 bits per heavy atom. The van der Waals surface area contributed by atoms with Crippen LogP contribution in [0.25, 0.3) is 11.3 Å². The molecule has 1 heterocycles. The number of amides is 2. The Morgan fingerprint density at radius 1 is 1.07 bits per heavy atom. The van der Waals surface area contributed by atoms with E-state index in [0.29, 0.717) is 11.2 Å². The van der Waals surface area contributed by atoms with E-state index in [2.05, 4.69) is 15.6 Å². The van der Waals surface area contributed by atoms with E-state index in [1.807, 2.05) is 37.4 Å². The minimum atomic E-state index is -0.990. The Balaban J connectivity index is 1.58. The number of hydrogen-bond acceptors (Lipinski definition) is 4. The van der Waals surface area contributed by atoms with Crippen molar-refractivity contribution in [1.29, 1.82) is 0 Å². The molecule has 0 atom stereocenters. The highest BCUT2D eigenvalue weighted by Gasteiger charge is 2.14. The number of carbonyl (C=O) groups is 2. The van der Waals surface area contributed by atoms with Crippen molar-refractivity contribution in [2.45, 2.75) is 13.8 Å². The van der Waals surface area contributed by atoms with Crippen LogP contribution in [-0.2, 0) is 4.79 Å². The molecule has 0 saturated heterocycles. The maximum atomic E-state index is 13.6.